The number of likely N-dealkylation sites (N-methyl/N-ethyl adjacent to an activating group) is 1. The zero-order valence-electron chi connectivity index (χ0n) is 17.2. The molecule has 2 atom stereocenters. The SMILES string of the molecule is CCOc1cc(CNC(C)c2ccc(Cl)cc2)ccc1OC(C)C(=O)N(C)C. The molecule has 28 heavy (non-hydrogen) atoms. The molecule has 0 aliphatic heterocycles. The van der Waals surface area contributed by atoms with E-state index in [1.807, 2.05) is 49.4 Å². The van der Waals surface area contributed by atoms with Crippen molar-refractivity contribution in [3.05, 3.63) is 58.6 Å². The van der Waals surface area contributed by atoms with Gasteiger partial charge in [0.25, 0.3) is 5.91 Å². The molecule has 0 heterocycles. The van der Waals surface area contributed by atoms with Gasteiger partial charge in [0.15, 0.2) is 17.6 Å². The van der Waals surface area contributed by atoms with Crippen molar-refractivity contribution in [3.8, 4) is 11.5 Å². The predicted molar refractivity (Wildman–Crippen MR) is 113 cm³/mol. The van der Waals surface area contributed by atoms with Crippen LogP contribution in [0.1, 0.15) is 37.9 Å². The van der Waals surface area contributed by atoms with E-state index in [0.29, 0.717) is 24.7 Å². The molecule has 2 unspecified atom stereocenters. The number of carbonyl (C=O) groups is 1. The quantitative estimate of drug-likeness (QED) is 0.671. The maximum atomic E-state index is 12.1. The molecule has 0 saturated carbocycles. The lowest BCUT2D eigenvalue weighted by Gasteiger charge is -2.20. The van der Waals surface area contributed by atoms with Crippen LogP contribution >= 0.6 is 11.6 Å². The first-order chi connectivity index (χ1) is 13.3. The monoisotopic (exact) mass is 404 g/mol. The lowest BCUT2D eigenvalue weighted by molar-refractivity contribution is -0.135. The van der Waals surface area contributed by atoms with E-state index in [4.69, 9.17) is 21.1 Å². The molecule has 5 nitrogen and oxygen atoms in total. The van der Waals surface area contributed by atoms with Gasteiger partial charge in [0.1, 0.15) is 0 Å². The van der Waals surface area contributed by atoms with Gasteiger partial charge in [-0.3, -0.25) is 4.79 Å². The largest absolute Gasteiger partial charge is 0.490 e. The maximum absolute atomic E-state index is 12.1. The molecule has 1 N–H and O–H groups in total. The minimum absolute atomic E-state index is 0.0926. The maximum Gasteiger partial charge on any atom is 0.262 e. The highest BCUT2D eigenvalue weighted by atomic mass is 35.5. The molecule has 6 heteroatoms. The van der Waals surface area contributed by atoms with E-state index >= 15 is 0 Å². The highest BCUT2D eigenvalue weighted by Gasteiger charge is 2.19. The van der Waals surface area contributed by atoms with Crippen LogP contribution < -0.4 is 14.8 Å². The van der Waals surface area contributed by atoms with Crippen molar-refractivity contribution in [1.29, 1.82) is 0 Å². The van der Waals surface area contributed by atoms with Gasteiger partial charge < -0.3 is 19.7 Å². The third-order valence-corrected chi connectivity index (χ3v) is 4.63. The summed E-state index contributed by atoms with van der Waals surface area (Å²) in [5.41, 5.74) is 2.24. The number of hydrogen-bond acceptors (Lipinski definition) is 4. The van der Waals surface area contributed by atoms with Crippen LogP contribution in [0.2, 0.25) is 5.02 Å². The Labute approximate surface area is 172 Å². The Bertz CT molecular complexity index is 778. The van der Waals surface area contributed by atoms with Crippen molar-refractivity contribution in [2.45, 2.75) is 39.5 Å². The summed E-state index contributed by atoms with van der Waals surface area (Å²) < 4.78 is 11.6. The van der Waals surface area contributed by atoms with Gasteiger partial charge in [-0.25, -0.2) is 0 Å². The molecule has 0 aliphatic rings. The lowest BCUT2D eigenvalue weighted by Crippen LogP contribution is -2.35. The predicted octanol–water partition coefficient (Wildman–Crippen LogP) is 4.45. The number of rotatable bonds is 9. The number of benzene rings is 2. The summed E-state index contributed by atoms with van der Waals surface area (Å²) in [4.78, 5) is 13.6. The molecular weight excluding hydrogens is 376 g/mol. The van der Waals surface area contributed by atoms with Crippen LogP contribution in [0.25, 0.3) is 0 Å². The molecule has 0 saturated heterocycles. The fourth-order valence-corrected chi connectivity index (χ4v) is 2.90. The molecule has 0 aromatic heterocycles. The topological polar surface area (TPSA) is 50.8 Å². The van der Waals surface area contributed by atoms with Crippen molar-refractivity contribution >= 4 is 17.5 Å². The number of halogens is 1. The lowest BCUT2D eigenvalue weighted by atomic mass is 10.1. The molecule has 1 amide bonds. The van der Waals surface area contributed by atoms with Gasteiger partial charge in [-0.05, 0) is 56.2 Å². The summed E-state index contributed by atoms with van der Waals surface area (Å²) in [6.45, 7) is 6.96. The number of hydrogen-bond donors (Lipinski definition) is 1. The van der Waals surface area contributed by atoms with Gasteiger partial charge in [-0.1, -0.05) is 29.8 Å². The summed E-state index contributed by atoms with van der Waals surface area (Å²) in [5, 5.41) is 4.23. The van der Waals surface area contributed by atoms with Crippen LogP contribution in [0.15, 0.2) is 42.5 Å². The Balaban J connectivity index is 2.06. The number of amides is 1. The summed E-state index contributed by atoms with van der Waals surface area (Å²) in [6.07, 6.45) is -0.580. The van der Waals surface area contributed by atoms with E-state index in [1.165, 1.54) is 10.5 Å². The third kappa shape index (κ3) is 6.14. The van der Waals surface area contributed by atoms with Crippen molar-refractivity contribution in [2.24, 2.45) is 0 Å². The Kier molecular flexibility index (Phi) is 8.15. The fourth-order valence-electron chi connectivity index (χ4n) is 2.77. The summed E-state index contributed by atoms with van der Waals surface area (Å²) >= 11 is 5.95. The molecule has 152 valence electrons. The second-order valence-electron chi connectivity index (χ2n) is 6.86. The molecule has 0 fully saturated rings. The van der Waals surface area contributed by atoms with Crippen LogP contribution in [-0.4, -0.2) is 37.6 Å². The van der Waals surface area contributed by atoms with Crippen LogP contribution in [0.4, 0.5) is 0 Å². The second-order valence-corrected chi connectivity index (χ2v) is 7.30. The fraction of sp³-hybridized carbons (Fsp3) is 0.409. The van der Waals surface area contributed by atoms with Gasteiger partial charge in [0.05, 0.1) is 6.61 Å². The number of ether oxygens (including phenoxy) is 2. The normalized spacial score (nSPS) is 12.9. The van der Waals surface area contributed by atoms with E-state index in [0.717, 1.165) is 10.6 Å². The smallest absolute Gasteiger partial charge is 0.262 e. The number of nitrogens with one attached hydrogen (secondary N) is 1. The minimum atomic E-state index is -0.580. The molecule has 0 aliphatic carbocycles. The van der Waals surface area contributed by atoms with Gasteiger partial charge in [-0.15, -0.1) is 0 Å². The average molecular weight is 405 g/mol. The Morgan fingerprint density at radius 3 is 2.39 bits per heavy atom. The van der Waals surface area contributed by atoms with Crippen LogP contribution in [0.3, 0.4) is 0 Å². The van der Waals surface area contributed by atoms with E-state index in [-0.39, 0.29) is 11.9 Å². The molecule has 2 aromatic carbocycles. The second kappa shape index (κ2) is 10.3. The summed E-state index contributed by atoms with van der Waals surface area (Å²) in [6, 6.07) is 13.8. The highest BCUT2D eigenvalue weighted by Crippen LogP contribution is 2.30. The van der Waals surface area contributed by atoms with Gasteiger partial charge in [0, 0.05) is 31.7 Å². The molecular formula is C22H29ClN2O3. The molecule has 2 rings (SSSR count). The third-order valence-electron chi connectivity index (χ3n) is 4.38. The molecule has 0 bridgehead atoms. The van der Waals surface area contributed by atoms with Gasteiger partial charge in [-0.2, -0.15) is 0 Å². The first kappa shape index (κ1) is 22.1. The average Bonchev–Trinajstić information content (AvgIpc) is 2.67. The number of carbonyl (C=O) groups excluding carboxylic acids is 1. The van der Waals surface area contributed by atoms with Crippen LogP contribution in [0, 0.1) is 0 Å². The van der Waals surface area contributed by atoms with Crippen molar-refractivity contribution in [2.75, 3.05) is 20.7 Å². The Hall–Kier alpha value is -2.24. The molecule has 0 spiro atoms. The molecule has 0 radical (unpaired) electrons. The Morgan fingerprint density at radius 1 is 1.11 bits per heavy atom. The van der Waals surface area contributed by atoms with E-state index in [9.17, 15) is 4.79 Å². The first-order valence-corrected chi connectivity index (χ1v) is 9.82. The summed E-state index contributed by atoms with van der Waals surface area (Å²) in [7, 11) is 3.42. The number of nitrogens with zero attached hydrogens (tertiary/aromatic N) is 1. The summed E-state index contributed by atoms with van der Waals surface area (Å²) in [5.74, 6) is 1.11. The van der Waals surface area contributed by atoms with Crippen LogP contribution in [0.5, 0.6) is 11.5 Å². The van der Waals surface area contributed by atoms with E-state index < -0.39 is 6.10 Å². The van der Waals surface area contributed by atoms with Crippen molar-refractivity contribution < 1.29 is 14.3 Å². The molecule has 2 aromatic rings. The minimum Gasteiger partial charge on any atom is -0.490 e. The zero-order valence-corrected chi connectivity index (χ0v) is 17.9. The standard InChI is InChI=1S/C22H29ClN2O3/c1-6-27-21-13-17(7-12-20(21)28-16(3)22(26)25(4)5)14-24-15(2)18-8-10-19(23)11-9-18/h7-13,15-16,24H,6,14H2,1-5H3. The first-order valence-electron chi connectivity index (χ1n) is 9.44. The van der Waals surface area contributed by atoms with E-state index in [2.05, 4.69) is 12.2 Å². The highest BCUT2D eigenvalue weighted by molar-refractivity contribution is 6.30. The van der Waals surface area contributed by atoms with E-state index in [1.54, 1.807) is 21.0 Å². The van der Waals surface area contributed by atoms with Crippen molar-refractivity contribution in [3.63, 3.8) is 0 Å². The van der Waals surface area contributed by atoms with Crippen LogP contribution in [-0.2, 0) is 11.3 Å². The van der Waals surface area contributed by atoms with Gasteiger partial charge >= 0.3 is 0 Å². The Morgan fingerprint density at radius 2 is 1.79 bits per heavy atom. The van der Waals surface area contributed by atoms with Gasteiger partial charge in [0.2, 0.25) is 0 Å². The van der Waals surface area contributed by atoms with Crippen molar-refractivity contribution in [1.82, 2.24) is 10.2 Å². The zero-order chi connectivity index (χ0) is 20.7.